The van der Waals surface area contributed by atoms with E-state index >= 15 is 0 Å². The van der Waals surface area contributed by atoms with Crippen LogP contribution in [0.15, 0.2) is 35.1 Å². The third-order valence-electron chi connectivity index (χ3n) is 2.91. The molecule has 0 saturated heterocycles. The number of carbonyl (C=O) groups is 1. The van der Waals surface area contributed by atoms with Gasteiger partial charge in [-0.05, 0) is 19.1 Å². The van der Waals surface area contributed by atoms with E-state index in [9.17, 15) is 9.59 Å². The van der Waals surface area contributed by atoms with Crippen molar-refractivity contribution in [1.82, 2.24) is 4.57 Å². The van der Waals surface area contributed by atoms with Gasteiger partial charge in [-0.15, -0.1) is 11.3 Å². The predicted octanol–water partition coefficient (Wildman–Crippen LogP) is 0.539. The van der Waals surface area contributed by atoms with Gasteiger partial charge in [0.2, 0.25) is 0 Å². The Morgan fingerprint density at radius 2 is 2.14 bits per heavy atom. The number of benzene rings is 1. The summed E-state index contributed by atoms with van der Waals surface area (Å²) in [6.45, 7) is 2.02. The van der Waals surface area contributed by atoms with E-state index in [1.165, 1.54) is 10.8 Å². The molecule has 0 aliphatic carbocycles. The highest BCUT2D eigenvalue weighted by atomic mass is 32.1. The number of hydrogen-bond acceptors (Lipinski definition) is 5. The molecule has 6 nitrogen and oxygen atoms in total. The highest BCUT2D eigenvalue weighted by molar-refractivity contribution is 7.07. The molecule has 0 amide bonds. The van der Waals surface area contributed by atoms with Crippen LogP contribution < -0.4 is 20.1 Å². The molecule has 0 bridgehead atoms. The zero-order chi connectivity index (χ0) is 16.1. The largest absolute Gasteiger partial charge is 0.477 e. The molecule has 2 rings (SSSR count). The van der Waals surface area contributed by atoms with Crippen LogP contribution in [0.2, 0.25) is 0 Å². The Hall–Kier alpha value is -2.85. The molecule has 2 aromatic rings. The number of nitrogens with one attached hydrogen (secondary N) is 1. The van der Waals surface area contributed by atoms with Gasteiger partial charge in [-0.1, -0.05) is 18.2 Å². The van der Waals surface area contributed by atoms with Crippen LogP contribution in [-0.2, 0) is 11.3 Å². The summed E-state index contributed by atoms with van der Waals surface area (Å²) in [6.07, 6.45) is 1.52. The number of carboxylic acid groups (broad SMARTS) is 1. The number of nitrogens with zero attached hydrogens (tertiary/aromatic N) is 2. The molecule has 7 heteroatoms. The molecule has 0 fully saturated rings. The lowest BCUT2D eigenvalue weighted by Crippen LogP contribution is -2.32. The van der Waals surface area contributed by atoms with Crippen LogP contribution in [-0.4, -0.2) is 15.6 Å². The van der Waals surface area contributed by atoms with Crippen molar-refractivity contribution in [3.8, 4) is 6.07 Å². The molecule has 0 saturated carbocycles. The van der Waals surface area contributed by atoms with Crippen LogP contribution >= 0.6 is 11.3 Å². The maximum absolute atomic E-state index is 12.3. The van der Waals surface area contributed by atoms with Crippen LogP contribution in [0.4, 0.5) is 5.69 Å². The molecule has 0 aliphatic rings. The summed E-state index contributed by atoms with van der Waals surface area (Å²) in [5, 5.41) is 21.0. The molecule has 1 aromatic carbocycles. The van der Waals surface area contributed by atoms with Crippen molar-refractivity contribution in [2.24, 2.45) is 0 Å². The van der Waals surface area contributed by atoms with E-state index in [1.54, 1.807) is 13.0 Å². The monoisotopic (exact) mass is 315 g/mol. The average molecular weight is 315 g/mol. The number of thiazole rings is 1. The molecular formula is C15H13N3O3S. The predicted molar refractivity (Wildman–Crippen MR) is 84.7 cm³/mol. The molecule has 2 N–H and O–H groups in total. The number of aliphatic carboxylic acids is 1. The van der Waals surface area contributed by atoms with Crippen molar-refractivity contribution in [1.29, 1.82) is 5.26 Å². The summed E-state index contributed by atoms with van der Waals surface area (Å²) in [4.78, 5) is 23.4. The van der Waals surface area contributed by atoms with Gasteiger partial charge < -0.3 is 10.4 Å². The first-order valence-corrected chi connectivity index (χ1v) is 7.29. The Kier molecular flexibility index (Phi) is 4.76. The Balaban J connectivity index is 2.62. The molecule has 0 unspecified atom stereocenters. The fourth-order valence-corrected chi connectivity index (χ4v) is 2.94. The highest BCUT2D eigenvalue weighted by Crippen LogP contribution is 2.04. The first-order valence-electron chi connectivity index (χ1n) is 6.47. The van der Waals surface area contributed by atoms with E-state index in [0.29, 0.717) is 11.1 Å². The maximum Gasteiger partial charge on any atom is 0.349 e. The van der Waals surface area contributed by atoms with E-state index in [1.807, 2.05) is 30.3 Å². The number of carboxylic acids is 1. The second kappa shape index (κ2) is 6.74. The number of rotatable bonds is 4. The van der Waals surface area contributed by atoms with Crippen LogP contribution in [0.5, 0.6) is 0 Å². The molecule has 112 valence electrons. The normalized spacial score (nSPS) is 12.6. The number of aromatic nitrogens is 1. The highest BCUT2D eigenvalue weighted by Gasteiger charge is 2.13. The number of anilines is 1. The Bertz CT molecular complexity index is 904. The maximum atomic E-state index is 12.3. The first kappa shape index (κ1) is 15.5. The van der Waals surface area contributed by atoms with E-state index in [0.717, 1.165) is 17.0 Å². The van der Waals surface area contributed by atoms with Crippen molar-refractivity contribution in [2.45, 2.75) is 13.5 Å². The van der Waals surface area contributed by atoms with Gasteiger partial charge in [0.1, 0.15) is 15.3 Å². The standard InChI is InChI=1S/C15H13N3O3S/c1-2-18-13(19)12(9-17-10-6-4-3-5-7-10)22-14(18)11(8-16)15(20)21/h3-7,9,17H,2H2,1H3,(H,20,21)/b12-9+,14-11+. The van der Waals surface area contributed by atoms with Crippen molar-refractivity contribution in [3.63, 3.8) is 0 Å². The van der Waals surface area contributed by atoms with Crippen LogP contribution in [0.1, 0.15) is 6.92 Å². The molecular weight excluding hydrogens is 302 g/mol. The minimum absolute atomic E-state index is 0.156. The van der Waals surface area contributed by atoms with Gasteiger partial charge in [0.15, 0.2) is 5.57 Å². The minimum Gasteiger partial charge on any atom is -0.477 e. The summed E-state index contributed by atoms with van der Waals surface area (Å²) >= 11 is 0.983. The van der Waals surface area contributed by atoms with Crippen molar-refractivity contribution in [2.75, 3.05) is 5.32 Å². The van der Waals surface area contributed by atoms with Gasteiger partial charge in [0.25, 0.3) is 5.56 Å². The zero-order valence-corrected chi connectivity index (χ0v) is 12.6. The van der Waals surface area contributed by atoms with Crippen LogP contribution in [0.3, 0.4) is 0 Å². The molecule has 0 aliphatic heterocycles. The third-order valence-corrected chi connectivity index (χ3v) is 4.04. The average Bonchev–Trinajstić information content (AvgIpc) is 2.82. The second-order valence-corrected chi connectivity index (χ2v) is 5.30. The lowest BCUT2D eigenvalue weighted by molar-refractivity contribution is -0.130. The van der Waals surface area contributed by atoms with Gasteiger partial charge in [-0.25, -0.2) is 4.79 Å². The fraction of sp³-hybridized carbons (Fsp3) is 0.133. The molecule has 0 radical (unpaired) electrons. The first-order chi connectivity index (χ1) is 10.6. The lowest BCUT2D eigenvalue weighted by atomic mass is 10.3. The van der Waals surface area contributed by atoms with Gasteiger partial charge in [-0.3, -0.25) is 9.36 Å². The smallest absolute Gasteiger partial charge is 0.349 e. The van der Waals surface area contributed by atoms with E-state index in [-0.39, 0.29) is 10.2 Å². The van der Waals surface area contributed by atoms with E-state index < -0.39 is 11.5 Å². The van der Waals surface area contributed by atoms with Crippen LogP contribution in [0.25, 0.3) is 11.8 Å². The molecule has 1 aromatic heterocycles. The Morgan fingerprint density at radius 3 is 2.68 bits per heavy atom. The number of hydrogen-bond donors (Lipinski definition) is 2. The summed E-state index contributed by atoms with van der Waals surface area (Å²) in [5.74, 6) is -1.34. The number of nitriles is 1. The van der Waals surface area contributed by atoms with Gasteiger partial charge >= 0.3 is 5.97 Å². The fourth-order valence-electron chi connectivity index (χ4n) is 1.86. The molecule has 1 heterocycles. The topological polar surface area (TPSA) is 95.1 Å². The summed E-state index contributed by atoms with van der Waals surface area (Å²) in [7, 11) is 0. The van der Waals surface area contributed by atoms with E-state index in [4.69, 9.17) is 10.4 Å². The van der Waals surface area contributed by atoms with Crippen molar-refractivity contribution >= 4 is 34.8 Å². The van der Waals surface area contributed by atoms with Gasteiger partial charge in [0, 0.05) is 18.4 Å². The summed E-state index contributed by atoms with van der Waals surface area (Å²) in [6, 6.07) is 10.9. The summed E-state index contributed by atoms with van der Waals surface area (Å²) in [5.41, 5.74) is 0.0610. The molecule has 0 spiro atoms. The second-order valence-electron chi connectivity index (χ2n) is 4.27. The lowest BCUT2D eigenvalue weighted by Gasteiger charge is -1.97. The van der Waals surface area contributed by atoms with Crippen molar-refractivity contribution in [3.05, 3.63) is 49.9 Å². The quantitative estimate of drug-likeness (QED) is 0.858. The Morgan fingerprint density at radius 1 is 1.45 bits per heavy atom. The summed E-state index contributed by atoms with van der Waals surface area (Å²) < 4.78 is 1.79. The van der Waals surface area contributed by atoms with E-state index in [2.05, 4.69) is 5.32 Å². The van der Waals surface area contributed by atoms with Crippen LogP contribution in [0, 0.1) is 11.3 Å². The SMILES string of the molecule is CCn1c(=O)/c(=C\Nc2ccccc2)s/c1=C(\C#N)C(=O)O. The third kappa shape index (κ3) is 3.07. The Labute approximate surface area is 129 Å². The van der Waals surface area contributed by atoms with Gasteiger partial charge in [-0.2, -0.15) is 5.26 Å². The number of para-hydroxylation sites is 1. The minimum atomic E-state index is -1.34. The molecule has 22 heavy (non-hydrogen) atoms. The van der Waals surface area contributed by atoms with Crippen molar-refractivity contribution < 1.29 is 9.90 Å². The van der Waals surface area contributed by atoms with Gasteiger partial charge in [0.05, 0.1) is 0 Å². The zero-order valence-electron chi connectivity index (χ0n) is 11.7. The molecule has 0 atom stereocenters.